The summed E-state index contributed by atoms with van der Waals surface area (Å²) >= 11 is 1.22. The molecule has 5 nitrogen and oxygen atoms in total. The number of nitriles is 1. The average Bonchev–Trinajstić information content (AvgIpc) is 2.99. The molecule has 0 spiro atoms. The summed E-state index contributed by atoms with van der Waals surface area (Å²) in [6.45, 7) is 2.09. The van der Waals surface area contributed by atoms with Crippen LogP contribution in [0, 0.1) is 11.3 Å². The van der Waals surface area contributed by atoms with E-state index in [1.165, 1.54) is 22.2 Å². The number of para-hydroxylation sites is 1. The molecule has 2 aromatic carbocycles. The summed E-state index contributed by atoms with van der Waals surface area (Å²) in [4.78, 5) is 26.3. The van der Waals surface area contributed by atoms with E-state index >= 15 is 0 Å². The second kappa shape index (κ2) is 8.11. The maximum absolute atomic E-state index is 13.1. The van der Waals surface area contributed by atoms with Gasteiger partial charge in [0.15, 0.2) is 0 Å². The third kappa shape index (κ3) is 3.88. The lowest BCUT2D eigenvalue weighted by Gasteiger charge is -2.18. The monoisotopic (exact) mass is 377 g/mol. The number of hydrogen-bond donors (Lipinski definition) is 1. The van der Waals surface area contributed by atoms with Crippen LogP contribution in [0.4, 0.5) is 5.69 Å². The average molecular weight is 377 g/mol. The molecule has 1 unspecified atom stereocenters. The highest BCUT2D eigenvalue weighted by Gasteiger charge is 2.40. The van der Waals surface area contributed by atoms with Crippen molar-refractivity contribution in [3.8, 4) is 6.07 Å². The molecular weight excluding hydrogens is 358 g/mol. The molecule has 6 heteroatoms. The highest BCUT2D eigenvalue weighted by Crippen LogP contribution is 2.41. The van der Waals surface area contributed by atoms with Gasteiger partial charge in [0, 0.05) is 5.69 Å². The quantitative estimate of drug-likeness (QED) is 0.640. The number of nitrogens with two attached hydrogens (primary N) is 1. The second-order valence-corrected chi connectivity index (χ2v) is 7.34. The Bertz CT molecular complexity index is 930. The van der Waals surface area contributed by atoms with Gasteiger partial charge in [-0.3, -0.25) is 14.5 Å². The fourth-order valence-electron chi connectivity index (χ4n) is 2.94. The minimum atomic E-state index is -0.832. The zero-order valence-electron chi connectivity index (χ0n) is 14.9. The minimum absolute atomic E-state index is 0.158. The Balaban J connectivity index is 1.97. The van der Waals surface area contributed by atoms with Gasteiger partial charge in [0.25, 0.3) is 5.91 Å². The smallest absolute Gasteiger partial charge is 0.262 e. The topological polar surface area (TPSA) is 87.2 Å². The van der Waals surface area contributed by atoms with Gasteiger partial charge in [-0.15, -0.1) is 0 Å². The number of thioether (sulfide) groups is 1. The molecule has 2 N–H and O–H groups in total. The molecule has 0 bridgehead atoms. The van der Waals surface area contributed by atoms with E-state index in [1.807, 2.05) is 24.3 Å². The van der Waals surface area contributed by atoms with Crippen LogP contribution in [-0.2, 0) is 22.4 Å². The largest absolute Gasteiger partial charge is 0.365 e. The molecule has 1 fully saturated rings. The maximum atomic E-state index is 13.1. The standard InChI is InChI=1S/C21H19N3O2S/c1-2-14-8-10-15(11-9-14)12-18-20(26)24(16-6-4-3-5-7-16)21(27-18)17(13-22)19(23)25/h3-11,18H,2,12H2,1H3,(H2,23,25)/b21-17+. The third-order valence-corrected chi connectivity index (χ3v) is 5.65. The number of carbonyl (C=O) groups is 2. The number of nitrogens with zero attached hydrogens (tertiary/aromatic N) is 2. The van der Waals surface area contributed by atoms with Crippen LogP contribution in [-0.4, -0.2) is 17.1 Å². The second-order valence-electron chi connectivity index (χ2n) is 6.15. The summed E-state index contributed by atoms with van der Waals surface area (Å²) in [5, 5.41) is 9.26. The number of primary amides is 1. The van der Waals surface area contributed by atoms with Crippen molar-refractivity contribution < 1.29 is 9.59 Å². The van der Waals surface area contributed by atoms with Gasteiger partial charge in [-0.25, -0.2) is 0 Å². The lowest BCUT2D eigenvalue weighted by Crippen LogP contribution is -2.31. The lowest BCUT2D eigenvalue weighted by atomic mass is 10.1. The number of carbonyl (C=O) groups excluding carboxylic acids is 2. The molecule has 1 aliphatic rings. The molecule has 2 amide bonds. The van der Waals surface area contributed by atoms with Gasteiger partial charge in [-0.1, -0.05) is 61.2 Å². The van der Waals surface area contributed by atoms with Crippen LogP contribution < -0.4 is 10.6 Å². The Kier molecular flexibility index (Phi) is 5.63. The van der Waals surface area contributed by atoms with Crippen LogP contribution in [0.5, 0.6) is 0 Å². The fourth-order valence-corrected chi connectivity index (χ4v) is 4.25. The van der Waals surface area contributed by atoms with Crippen molar-refractivity contribution in [2.45, 2.75) is 25.0 Å². The first kappa shape index (κ1) is 18.7. The zero-order valence-corrected chi connectivity index (χ0v) is 15.7. The first-order valence-corrected chi connectivity index (χ1v) is 9.50. The molecule has 3 rings (SSSR count). The maximum Gasteiger partial charge on any atom is 0.262 e. The van der Waals surface area contributed by atoms with Crippen LogP contribution in [0.25, 0.3) is 0 Å². The number of anilines is 1. The molecule has 136 valence electrons. The van der Waals surface area contributed by atoms with Crippen molar-refractivity contribution in [2.75, 3.05) is 4.90 Å². The van der Waals surface area contributed by atoms with E-state index in [4.69, 9.17) is 5.73 Å². The van der Waals surface area contributed by atoms with Gasteiger partial charge in [-0.2, -0.15) is 5.26 Å². The summed E-state index contributed by atoms with van der Waals surface area (Å²) in [7, 11) is 0. The van der Waals surface area contributed by atoms with Crippen molar-refractivity contribution in [2.24, 2.45) is 5.73 Å². The number of aryl methyl sites for hydroxylation is 1. The van der Waals surface area contributed by atoms with E-state index in [2.05, 4.69) is 19.1 Å². The molecule has 0 aliphatic carbocycles. The van der Waals surface area contributed by atoms with Crippen LogP contribution >= 0.6 is 11.8 Å². The van der Waals surface area contributed by atoms with Crippen molar-refractivity contribution in [3.05, 3.63) is 76.3 Å². The molecule has 1 heterocycles. The number of hydrogen-bond acceptors (Lipinski definition) is 4. The van der Waals surface area contributed by atoms with Gasteiger partial charge < -0.3 is 5.73 Å². The third-order valence-electron chi connectivity index (χ3n) is 4.39. The molecule has 0 aromatic heterocycles. The summed E-state index contributed by atoms with van der Waals surface area (Å²) in [5.74, 6) is -0.989. The predicted octanol–water partition coefficient (Wildman–Crippen LogP) is 3.16. The lowest BCUT2D eigenvalue weighted by molar-refractivity contribution is -0.117. The van der Waals surface area contributed by atoms with E-state index in [-0.39, 0.29) is 11.5 Å². The Hall–Kier alpha value is -3.04. The Labute approximate surface area is 162 Å². The number of benzene rings is 2. The number of amides is 2. The van der Waals surface area contributed by atoms with Gasteiger partial charge in [0.05, 0.1) is 5.25 Å². The SMILES string of the molecule is CCc1ccc(CC2S/C(=C(\C#N)C(N)=O)N(c3ccccc3)C2=O)cc1. The van der Waals surface area contributed by atoms with Crippen LogP contribution in [0.15, 0.2) is 65.2 Å². The van der Waals surface area contributed by atoms with E-state index in [1.54, 1.807) is 24.3 Å². The molecule has 27 heavy (non-hydrogen) atoms. The molecule has 1 atom stereocenters. The van der Waals surface area contributed by atoms with E-state index < -0.39 is 11.2 Å². The molecule has 2 aromatic rings. The van der Waals surface area contributed by atoms with Crippen molar-refractivity contribution in [3.63, 3.8) is 0 Å². The molecular formula is C21H19N3O2S. The molecule has 0 saturated carbocycles. The van der Waals surface area contributed by atoms with Gasteiger partial charge in [0.2, 0.25) is 5.91 Å². The van der Waals surface area contributed by atoms with Crippen molar-refractivity contribution in [1.29, 1.82) is 5.26 Å². The van der Waals surface area contributed by atoms with E-state index in [0.717, 1.165) is 12.0 Å². The van der Waals surface area contributed by atoms with Crippen LogP contribution in [0.1, 0.15) is 18.1 Å². The Morgan fingerprint density at radius 2 is 1.78 bits per heavy atom. The van der Waals surface area contributed by atoms with Gasteiger partial charge >= 0.3 is 0 Å². The van der Waals surface area contributed by atoms with Crippen LogP contribution in [0.3, 0.4) is 0 Å². The van der Waals surface area contributed by atoms with Crippen LogP contribution in [0.2, 0.25) is 0 Å². The highest BCUT2D eigenvalue weighted by atomic mass is 32.2. The van der Waals surface area contributed by atoms with Crippen molar-refractivity contribution in [1.82, 2.24) is 0 Å². The summed E-state index contributed by atoms with van der Waals surface area (Å²) in [6, 6.07) is 19.0. The molecule has 0 radical (unpaired) electrons. The first-order valence-electron chi connectivity index (χ1n) is 8.62. The van der Waals surface area contributed by atoms with Crippen molar-refractivity contribution >= 4 is 29.3 Å². The first-order chi connectivity index (χ1) is 13.0. The number of rotatable bonds is 5. The molecule has 1 saturated heterocycles. The zero-order chi connectivity index (χ0) is 19.4. The Morgan fingerprint density at radius 1 is 1.15 bits per heavy atom. The van der Waals surface area contributed by atoms with Gasteiger partial charge in [0.1, 0.15) is 16.7 Å². The van der Waals surface area contributed by atoms with E-state index in [0.29, 0.717) is 17.1 Å². The molecule has 1 aliphatic heterocycles. The summed E-state index contributed by atoms with van der Waals surface area (Å²) < 4.78 is 0. The highest BCUT2D eigenvalue weighted by molar-refractivity contribution is 8.05. The Morgan fingerprint density at radius 3 is 2.33 bits per heavy atom. The predicted molar refractivity (Wildman–Crippen MR) is 107 cm³/mol. The summed E-state index contributed by atoms with van der Waals surface area (Å²) in [6.07, 6.45) is 1.47. The normalized spacial score (nSPS) is 18.3. The summed E-state index contributed by atoms with van der Waals surface area (Å²) in [5.41, 5.74) is 8.06. The van der Waals surface area contributed by atoms with E-state index in [9.17, 15) is 14.9 Å². The fraction of sp³-hybridized carbons (Fsp3) is 0.190. The minimum Gasteiger partial charge on any atom is -0.365 e. The van der Waals surface area contributed by atoms with Gasteiger partial charge in [-0.05, 0) is 36.1 Å².